The summed E-state index contributed by atoms with van der Waals surface area (Å²) in [6.07, 6.45) is 5.07. The predicted molar refractivity (Wildman–Crippen MR) is 103 cm³/mol. The van der Waals surface area contributed by atoms with E-state index in [9.17, 15) is 14.4 Å². The molecule has 7 nitrogen and oxygen atoms in total. The minimum absolute atomic E-state index is 0.0440. The van der Waals surface area contributed by atoms with Crippen LogP contribution in [0.1, 0.15) is 37.7 Å². The number of methoxy groups -OCH3 is 1. The Kier molecular flexibility index (Phi) is 8.26. The molecule has 2 rings (SSSR count). The molecule has 0 aliphatic heterocycles. The quantitative estimate of drug-likeness (QED) is 0.726. The van der Waals surface area contributed by atoms with Crippen molar-refractivity contribution in [3.05, 3.63) is 29.8 Å². The number of nitrogens with one attached hydrogen (secondary N) is 2. The number of carbonyl (C=O) groups is 3. The summed E-state index contributed by atoms with van der Waals surface area (Å²) in [5.41, 5.74) is 1.73. The third kappa shape index (κ3) is 7.02. The van der Waals surface area contributed by atoms with Crippen molar-refractivity contribution in [1.82, 2.24) is 10.2 Å². The molecule has 148 valence electrons. The molecule has 0 atom stereocenters. The van der Waals surface area contributed by atoms with Gasteiger partial charge in [0.25, 0.3) is 0 Å². The first kappa shape index (κ1) is 20.9. The van der Waals surface area contributed by atoms with Gasteiger partial charge in [0.1, 0.15) is 6.61 Å². The minimum atomic E-state index is -0.343. The maximum absolute atomic E-state index is 12.3. The zero-order chi connectivity index (χ0) is 19.6. The van der Waals surface area contributed by atoms with E-state index < -0.39 is 0 Å². The van der Waals surface area contributed by atoms with Gasteiger partial charge in [-0.05, 0) is 37.5 Å². The highest BCUT2D eigenvalue weighted by Crippen LogP contribution is 2.22. The van der Waals surface area contributed by atoms with E-state index in [1.165, 1.54) is 7.11 Å². The molecule has 0 spiro atoms. The zero-order valence-electron chi connectivity index (χ0n) is 16.1. The molecule has 0 unspecified atom stereocenters. The molecule has 0 radical (unpaired) electrons. The lowest BCUT2D eigenvalue weighted by Crippen LogP contribution is -2.49. The standard InChI is InChI=1S/C20H29N3O4/c1-15-7-6-8-16(11-15)22-18(24)12-21-19(25)13-23(20(26)14-27-2)17-9-4-3-5-10-17/h6-8,11,17H,3-5,9-10,12-14H2,1-2H3,(H,21,25)(H,22,24). The normalized spacial score (nSPS) is 14.4. The molecular formula is C20H29N3O4. The molecule has 1 aliphatic rings. The van der Waals surface area contributed by atoms with Crippen LogP contribution in [0.5, 0.6) is 0 Å². The molecule has 0 heterocycles. The van der Waals surface area contributed by atoms with Crippen molar-refractivity contribution in [3.8, 4) is 0 Å². The Hall–Kier alpha value is -2.41. The van der Waals surface area contributed by atoms with Crippen LogP contribution in [-0.4, -0.2) is 55.5 Å². The molecule has 3 amide bonds. The van der Waals surface area contributed by atoms with Crippen molar-refractivity contribution in [1.29, 1.82) is 0 Å². The van der Waals surface area contributed by atoms with Gasteiger partial charge in [-0.15, -0.1) is 0 Å². The van der Waals surface area contributed by atoms with Crippen LogP contribution < -0.4 is 10.6 Å². The van der Waals surface area contributed by atoms with Crippen LogP contribution in [0.15, 0.2) is 24.3 Å². The molecule has 1 saturated carbocycles. The summed E-state index contributed by atoms with van der Waals surface area (Å²) in [7, 11) is 1.46. The monoisotopic (exact) mass is 375 g/mol. The van der Waals surface area contributed by atoms with E-state index in [1.807, 2.05) is 25.1 Å². The van der Waals surface area contributed by atoms with Gasteiger partial charge in [0.2, 0.25) is 17.7 Å². The lowest BCUT2D eigenvalue weighted by Gasteiger charge is -2.33. The lowest BCUT2D eigenvalue weighted by molar-refractivity contribution is -0.142. The number of amides is 3. The number of ether oxygens (including phenoxy) is 1. The molecule has 0 aromatic heterocycles. The third-order valence-corrected chi connectivity index (χ3v) is 4.67. The van der Waals surface area contributed by atoms with Gasteiger partial charge in [0.05, 0.1) is 13.1 Å². The van der Waals surface area contributed by atoms with E-state index in [0.717, 1.165) is 37.7 Å². The number of aryl methyl sites for hydroxylation is 1. The van der Waals surface area contributed by atoms with Gasteiger partial charge in [0.15, 0.2) is 0 Å². The maximum Gasteiger partial charge on any atom is 0.249 e. The highest BCUT2D eigenvalue weighted by Gasteiger charge is 2.27. The fraction of sp³-hybridized carbons (Fsp3) is 0.550. The SMILES string of the molecule is COCC(=O)N(CC(=O)NCC(=O)Nc1cccc(C)c1)C1CCCCC1. The molecule has 0 bridgehead atoms. The van der Waals surface area contributed by atoms with Crippen molar-refractivity contribution in [2.24, 2.45) is 0 Å². The zero-order valence-corrected chi connectivity index (χ0v) is 16.1. The van der Waals surface area contributed by atoms with Crippen molar-refractivity contribution in [3.63, 3.8) is 0 Å². The Morgan fingerprint density at radius 2 is 1.89 bits per heavy atom. The van der Waals surface area contributed by atoms with Crippen LogP contribution in [0.3, 0.4) is 0 Å². The molecule has 1 aromatic carbocycles. The Balaban J connectivity index is 1.85. The summed E-state index contributed by atoms with van der Waals surface area (Å²) >= 11 is 0. The largest absolute Gasteiger partial charge is 0.375 e. The lowest BCUT2D eigenvalue weighted by atomic mass is 9.94. The molecular weight excluding hydrogens is 346 g/mol. The Morgan fingerprint density at radius 3 is 2.56 bits per heavy atom. The first-order chi connectivity index (χ1) is 13.0. The van der Waals surface area contributed by atoms with Crippen LogP contribution in [0.4, 0.5) is 5.69 Å². The smallest absolute Gasteiger partial charge is 0.249 e. The molecule has 1 aromatic rings. The second-order valence-corrected chi connectivity index (χ2v) is 6.94. The number of carbonyl (C=O) groups excluding carboxylic acids is 3. The van der Waals surface area contributed by atoms with Crippen LogP contribution in [0.25, 0.3) is 0 Å². The van der Waals surface area contributed by atoms with Gasteiger partial charge in [-0.25, -0.2) is 0 Å². The van der Waals surface area contributed by atoms with E-state index in [2.05, 4.69) is 10.6 Å². The average molecular weight is 375 g/mol. The average Bonchev–Trinajstić information content (AvgIpc) is 2.65. The van der Waals surface area contributed by atoms with Crippen LogP contribution in [0.2, 0.25) is 0 Å². The summed E-state index contributed by atoms with van der Waals surface area (Å²) in [6, 6.07) is 7.50. The Bertz CT molecular complexity index is 656. The van der Waals surface area contributed by atoms with Gasteiger partial charge in [-0.2, -0.15) is 0 Å². The van der Waals surface area contributed by atoms with Crippen molar-refractivity contribution < 1.29 is 19.1 Å². The summed E-state index contributed by atoms with van der Waals surface area (Å²) < 4.78 is 4.94. The highest BCUT2D eigenvalue weighted by atomic mass is 16.5. The number of anilines is 1. The minimum Gasteiger partial charge on any atom is -0.375 e. The summed E-state index contributed by atoms with van der Waals surface area (Å²) in [4.78, 5) is 38.2. The van der Waals surface area contributed by atoms with E-state index >= 15 is 0 Å². The topological polar surface area (TPSA) is 87.7 Å². The Morgan fingerprint density at radius 1 is 1.15 bits per heavy atom. The first-order valence-corrected chi connectivity index (χ1v) is 9.41. The van der Waals surface area contributed by atoms with E-state index in [-0.39, 0.29) is 43.5 Å². The molecule has 27 heavy (non-hydrogen) atoms. The van der Waals surface area contributed by atoms with Gasteiger partial charge < -0.3 is 20.3 Å². The van der Waals surface area contributed by atoms with Gasteiger partial charge >= 0.3 is 0 Å². The number of rotatable bonds is 8. The van der Waals surface area contributed by atoms with E-state index in [4.69, 9.17) is 4.74 Å². The van der Waals surface area contributed by atoms with Crippen molar-refractivity contribution in [2.45, 2.75) is 45.1 Å². The van der Waals surface area contributed by atoms with E-state index in [0.29, 0.717) is 5.69 Å². The summed E-state index contributed by atoms with van der Waals surface area (Å²) in [6.45, 7) is 1.71. The second-order valence-electron chi connectivity index (χ2n) is 6.94. The van der Waals surface area contributed by atoms with Gasteiger partial charge in [-0.1, -0.05) is 31.4 Å². The molecule has 1 aliphatic carbocycles. The molecule has 2 N–H and O–H groups in total. The van der Waals surface area contributed by atoms with Crippen LogP contribution >= 0.6 is 0 Å². The van der Waals surface area contributed by atoms with E-state index in [1.54, 1.807) is 11.0 Å². The highest BCUT2D eigenvalue weighted by molar-refractivity contribution is 5.95. The fourth-order valence-corrected chi connectivity index (χ4v) is 3.34. The number of hydrogen-bond donors (Lipinski definition) is 2. The second kappa shape index (κ2) is 10.7. The van der Waals surface area contributed by atoms with Crippen LogP contribution in [0, 0.1) is 6.92 Å². The van der Waals surface area contributed by atoms with Crippen molar-refractivity contribution >= 4 is 23.4 Å². The fourth-order valence-electron chi connectivity index (χ4n) is 3.34. The number of benzene rings is 1. The predicted octanol–water partition coefficient (Wildman–Crippen LogP) is 1.86. The van der Waals surface area contributed by atoms with Gasteiger partial charge in [0, 0.05) is 18.8 Å². The molecule has 7 heteroatoms. The maximum atomic E-state index is 12.3. The third-order valence-electron chi connectivity index (χ3n) is 4.67. The molecule has 1 fully saturated rings. The van der Waals surface area contributed by atoms with Gasteiger partial charge in [-0.3, -0.25) is 14.4 Å². The van der Waals surface area contributed by atoms with Crippen molar-refractivity contribution in [2.75, 3.05) is 32.1 Å². The first-order valence-electron chi connectivity index (χ1n) is 9.41. The van der Waals surface area contributed by atoms with Crippen LogP contribution in [-0.2, 0) is 19.1 Å². The molecule has 0 saturated heterocycles. The number of nitrogens with zero attached hydrogens (tertiary/aromatic N) is 1. The summed E-state index contributed by atoms with van der Waals surface area (Å²) in [5.74, 6) is -0.838. The Labute approximate surface area is 160 Å². The number of hydrogen-bond acceptors (Lipinski definition) is 4. The summed E-state index contributed by atoms with van der Waals surface area (Å²) in [5, 5.41) is 5.34.